The highest BCUT2D eigenvalue weighted by Gasteiger charge is 2.41. The highest BCUT2D eigenvalue weighted by Crippen LogP contribution is 2.42. The molecule has 2 N–H and O–H groups in total. The van der Waals surface area contributed by atoms with E-state index in [1.807, 2.05) is 61.5 Å². The number of nitrogens with one attached hydrogen (secondary N) is 2. The van der Waals surface area contributed by atoms with E-state index < -0.39 is 0 Å². The Morgan fingerprint density at radius 3 is 2.53 bits per heavy atom. The van der Waals surface area contributed by atoms with Gasteiger partial charge in [0.05, 0.1) is 23.5 Å². The summed E-state index contributed by atoms with van der Waals surface area (Å²) in [6.07, 6.45) is 2.12. The number of aromatic nitrogens is 2. The van der Waals surface area contributed by atoms with E-state index in [-0.39, 0.29) is 18.0 Å². The largest absolute Gasteiger partial charge is 0.352 e. The Labute approximate surface area is 237 Å². The minimum atomic E-state index is -0.142. The molecule has 1 fully saturated rings. The molecular formula is C30H30BrN5OS. The fourth-order valence-electron chi connectivity index (χ4n) is 5.22. The van der Waals surface area contributed by atoms with Crippen LogP contribution in [0.5, 0.6) is 0 Å². The molecule has 2 aromatic heterocycles. The van der Waals surface area contributed by atoms with E-state index in [4.69, 9.17) is 12.2 Å². The number of carbonyl (C=O) groups excluding carboxylic acids is 1. The maximum absolute atomic E-state index is 12.9. The van der Waals surface area contributed by atoms with E-state index in [0.29, 0.717) is 18.1 Å². The number of pyridine rings is 1. The number of amides is 1. The van der Waals surface area contributed by atoms with Crippen molar-refractivity contribution in [2.45, 2.75) is 39.3 Å². The fourth-order valence-corrected chi connectivity index (χ4v) is 6.02. The number of halogens is 1. The molecule has 1 aliphatic heterocycles. The van der Waals surface area contributed by atoms with Gasteiger partial charge in [0.25, 0.3) is 0 Å². The first kappa shape index (κ1) is 26.1. The predicted octanol–water partition coefficient (Wildman–Crippen LogP) is 6.56. The van der Waals surface area contributed by atoms with Crippen LogP contribution in [0.25, 0.3) is 5.69 Å². The van der Waals surface area contributed by atoms with Gasteiger partial charge < -0.3 is 20.1 Å². The molecule has 194 valence electrons. The molecule has 8 heteroatoms. The second-order valence-corrected chi connectivity index (χ2v) is 10.8. The number of para-hydroxylation sites is 2. The third kappa shape index (κ3) is 5.11. The van der Waals surface area contributed by atoms with Crippen LogP contribution in [0.15, 0.2) is 83.5 Å². The highest BCUT2D eigenvalue weighted by atomic mass is 79.9. The summed E-state index contributed by atoms with van der Waals surface area (Å²) in [4.78, 5) is 19.7. The molecular weight excluding hydrogens is 558 g/mol. The third-order valence-electron chi connectivity index (χ3n) is 7.08. The molecule has 2 unspecified atom stereocenters. The molecule has 38 heavy (non-hydrogen) atoms. The van der Waals surface area contributed by atoms with Crippen molar-refractivity contribution in [2.24, 2.45) is 0 Å². The number of hydrogen-bond donors (Lipinski definition) is 2. The Bertz CT molecular complexity index is 1490. The van der Waals surface area contributed by atoms with Gasteiger partial charge in [0, 0.05) is 40.7 Å². The van der Waals surface area contributed by atoms with Crippen LogP contribution >= 0.6 is 28.1 Å². The van der Waals surface area contributed by atoms with Gasteiger partial charge in [-0.05, 0) is 96.4 Å². The molecule has 6 nitrogen and oxygen atoms in total. The van der Waals surface area contributed by atoms with Crippen molar-refractivity contribution in [3.63, 3.8) is 0 Å². The van der Waals surface area contributed by atoms with E-state index in [1.165, 1.54) is 0 Å². The van der Waals surface area contributed by atoms with Gasteiger partial charge in [-0.15, -0.1) is 0 Å². The zero-order chi connectivity index (χ0) is 26.8. The average Bonchev–Trinajstić information content (AvgIpc) is 3.39. The summed E-state index contributed by atoms with van der Waals surface area (Å²) >= 11 is 9.55. The minimum Gasteiger partial charge on any atom is -0.352 e. The lowest BCUT2D eigenvalue weighted by atomic mass is 9.96. The molecule has 0 spiro atoms. The van der Waals surface area contributed by atoms with Crippen LogP contribution in [0.2, 0.25) is 0 Å². The summed E-state index contributed by atoms with van der Waals surface area (Å²) in [5, 5.41) is 7.18. The zero-order valence-corrected chi connectivity index (χ0v) is 24.0. The summed E-state index contributed by atoms with van der Waals surface area (Å²) in [7, 11) is 0. The van der Waals surface area contributed by atoms with Crippen LogP contribution in [0, 0.1) is 20.8 Å². The lowest BCUT2D eigenvalue weighted by Crippen LogP contribution is -2.33. The van der Waals surface area contributed by atoms with E-state index in [0.717, 1.165) is 44.1 Å². The maximum Gasteiger partial charge on any atom is 0.226 e. The highest BCUT2D eigenvalue weighted by molar-refractivity contribution is 9.10. The van der Waals surface area contributed by atoms with Crippen LogP contribution in [-0.4, -0.2) is 32.0 Å². The summed E-state index contributed by atoms with van der Waals surface area (Å²) in [5.74, 6) is -0.0409. The Morgan fingerprint density at radius 1 is 1.05 bits per heavy atom. The van der Waals surface area contributed by atoms with Crippen LogP contribution in [-0.2, 0) is 4.79 Å². The molecule has 5 rings (SSSR count). The van der Waals surface area contributed by atoms with Gasteiger partial charge in [0.1, 0.15) is 0 Å². The quantitative estimate of drug-likeness (QED) is 0.240. The Morgan fingerprint density at radius 2 is 1.79 bits per heavy atom. The van der Waals surface area contributed by atoms with Gasteiger partial charge in [-0.2, -0.15) is 0 Å². The van der Waals surface area contributed by atoms with E-state index in [9.17, 15) is 4.79 Å². The minimum absolute atomic E-state index is 0.0409. The molecule has 0 aliphatic carbocycles. The Kier molecular flexibility index (Phi) is 7.63. The van der Waals surface area contributed by atoms with Crippen molar-refractivity contribution < 1.29 is 4.79 Å². The summed E-state index contributed by atoms with van der Waals surface area (Å²) in [6, 6.07) is 23.9. The summed E-state index contributed by atoms with van der Waals surface area (Å²) in [6.45, 7) is 6.73. The van der Waals surface area contributed by atoms with Crippen molar-refractivity contribution in [1.29, 1.82) is 0 Å². The second kappa shape index (κ2) is 11.1. The smallest absolute Gasteiger partial charge is 0.226 e. The number of nitrogens with zero attached hydrogens (tertiary/aromatic N) is 3. The van der Waals surface area contributed by atoms with Crippen molar-refractivity contribution in [3.05, 3.63) is 112 Å². The van der Waals surface area contributed by atoms with Gasteiger partial charge in [0.2, 0.25) is 5.91 Å². The van der Waals surface area contributed by atoms with Crippen molar-refractivity contribution in [1.82, 2.24) is 19.8 Å². The van der Waals surface area contributed by atoms with Crippen LogP contribution in [0.3, 0.4) is 0 Å². The maximum atomic E-state index is 12.9. The molecule has 1 saturated heterocycles. The van der Waals surface area contributed by atoms with Crippen LogP contribution in [0.1, 0.15) is 46.7 Å². The summed E-state index contributed by atoms with van der Waals surface area (Å²) in [5.41, 5.74) is 7.27. The van der Waals surface area contributed by atoms with E-state index in [1.54, 1.807) is 6.20 Å². The van der Waals surface area contributed by atoms with Gasteiger partial charge in [-0.3, -0.25) is 9.78 Å². The molecule has 0 radical (unpaired) electrons. The number of aryl methyl sites for hydroxylation is 2. The van der Waals surface area contributed by atoms with Crippen LogP contribution < -0.4 is 10.6 Å². The number of benzene rings is 2. The Hall–Kier alpha value is -3.49. The van der Waals surface area contributed by atoms with Crippen molar-refractivity contribution in [2.75, 3.05) is 11.9 Å². The van der Waals surface area contributed by atoms with E-state index >= 15 is 0 Å². The monoisotopic (exact) mass is 587 g/mol. The van der Waals surface area contributed by atoms with Gasteiger partial charge in [-0.1, -0.05) is 36.4 Å². The van der Waals surface area contributed by atoms with Gasteiger partial charge >= 0.3 is 0 Å². The molecule has 1 amide bonds. The van der Waals surface area contributed by atoms with Crippen molar-refractivity contribution >= 4 is 44.9 Å². The Balaban J connectivity index is 1.48. The topological polar surface area (TPSA) is 62.2 Å². The predicted molar refractivity (Wildman–Crippen MR) is 160 cm³/mol. The molecule has 4 aromatic rings. The second-order valence-electron chi connectivity index (χ2n) is 9.55. The molecule has 2 atom stereocenters. The van der Waals surface area contributed by atoms with Crippen molar-refractivity contribution in [3.8, 4) is 5.69 Å². The molecule has 1 aliphatic rings. The standard InChI is InChI=1S/C30H30BrN5OS/c1-19-10-4-6-12-24(19)33-27(37)15-17-35-29(28(34-30(35)38)25-13-8-9-16-32-25)22-18-20(2)36(21(22)3)26-14-7-5-11-23(26)31/h4-14,16,18,28-29H,15,17H2,1-3H3,(H,33,37)(H,34,38). The summed E-state index contributed by atoms with van der Waals surface area (Å²) < 4.78 is 3.29. The first-order chi connectivity index (χ1) is 18.3. The van der Waals surface area contributed by atoms with Crippen LogP contribution in [0.4, 0.5) is 5.69 Å². The number of carbonyl (C=O) groups is 1. The number of thiocarbonyl (C=S) groups is 1. The SMILES string of the molecule is Cc1ccccc1NC(=O)CCN1C(=S)NC(c2ccccn2)C1c1cc(C)n(-c2ccccc2Br)c1C. The van der Waals surface area contributed by atoms with Gasteiger partial charge in [-0.25, -0.2) is 0 Å². The lowest BCUT2D eigenvalue weighted by molar-refractivity contribution is -0.116. The first-order valence-corrected chi connectivity index (χ1v) is 13.8. The first-order valence-electron chi connectivity index (χ1n) is 12.6. The molecule has 0 bridgehead atoms. The number of anilines is 1. The zero-order valence-electron chi connectivity index (χ0n) is 21.6. The van der Waals surface area contributed by atoms with Gasteiger partial charge in [0.15, 0.2) is 5.11 Å². The average molecular weight is 589 g/mol. The lowest BCUT2D eigenvalue weighted by Gasteiger charge is -2.28. The molecule has 0 saturated carbocycles. The number of hydrogen-bond acceptors (Lipinski definition) is 3. The normalized spacial score (nSPS) is 16.9. The molecule has 3 heterocycles. The number of rotatable bonds is 7. The van der Waals surface area contributed by atoms with E-state index in [2.05, 4.69) is 73.1 Å². The molecule has 2 aromatic carbocycles. The third-order valence-corrected chi connectivity index (χ3v) is 8.10. The fraction of sp³-hybridized carbons (Fsp3) is 0.233.